The molecule has 0 saturated heterocycles. The Kier molecular flexibility index (Phi) is 2.21. The molecule has 5 heteroatoms. The topological polar surface area (TPSA) is 72.2 Å². The molecule has 2 rings (SSSR count). The number of aliphatic carboxylic acids is 1. The maximum Gasteiger partial charge on any atom is 0.323 e. The zero-order valence-electron chi connectivity index (χ0n) is 7.75. The highest BCUT2D eigenvalue weighted by Gasteiger charge is 2.06. The molecule has 0 aromatic carbocycles. The average molecular weight is 204 g/mol. The molecule has 0 aliphatic carbocycles. The molecule has 2 aromatic heterocycles. The molecular weight excluding hydrogens is 196 g/mol. The Morgan fingerprint density at radius 1 is 1.40 bits per heavy atom. The van der Waals surface area contributed by atoms with Crippen LogP contribution in [0.1, 0.15) is 0 Å². The lowest BCUT2D eigenvalue weighted by atomic mass is 10.3. The summed E-state index contributed by atoms with van der Waals surface area (Å²) in [6.07, 6.45) is 1.60. The molecule has 0 fully saturated rings. The van der Waals surface area contributed by atoms with E-state index >= 15 is 0 Å². The van der Waals surface area contributed by atoms with Gasteiger partial charge in [-0.25, -0.2) is 0 Å². The van der Waals surface area contributed by atoms with Crippen LogP contribution < -0.4 is 5.56 Å². The monoisotopic (exact) mass is 204 g/mol. The van der Waals surface area contributed by atoms with E-state index < -0.39 is 5.97 Å². The Hall–Kier alpha value is -2.17. The maximum atomic E-state index is 11.4. The largest absolute Gasteiger partial charge is 0.480 e. The summed E-state index contributed by atoms with van der Waals surface area (Å²) >= 11 is 0. The van der Waals surface area contributed by atoms with Gasteiger partial charge in [0.1, 0.15) is 6.54 Å². The van der Waals surface area contributed by atoms with Gasteiger partial charge in [-0.2, -0.15) is 0 Å². The van der Waals surface area contributed by atoms with E-state index in [0.29, 0.717) is 11.0 Å². The van der Waals surface area contributed by atoms with Gasteiger partial charge < -0.3 is 5.11 Å². The fourth-order valence-electron chi connectivity index (χ4n) is 1.42. The van der Waals surface area contributed by atoms with Gasteiger partial charge >= 0.3 is 5.97 Å². The summed E-state index contributed by atoms with van der Waals surface area (Å²) in [7, 11) is 0. The number of rotatable bonds is 2. The van der Waals surface area contributed by atoms with Crippen LogP contribution in [-0.4, -0.2) is 20.6 Å². The van der Waals surface area contributed by atoms with Crippen LogP contribution in [0.25, 0.3) is 11.0 Å². The molecular formula is C10H8N2O3. The molecule has 0 aliphatic heterocycles. The molecule has 5 nitrogen and oxygen atoms in total. The van der Waals surface area contributed by atoms with Gasteiger partial charge in [-0.3, -0.25) is 19.1 Å². The van der Waals surface area contributed by atoms with E-state index in [-0.39, 0.29) is 12.1 Å². The molecule has 15 heavy (non-hydrogen) atoms. The van der Waals surface area contributed by atoms with Gasteiger partial charge in [-0.1, -0.05) is 0 Å². The van der Waals surface area contributed by atoms with Crippen molar-refractivity contribution >= 4 is 17.0 Å². The molecule has 0 radical (unpaired) electrons. The number of fused-ring (bicyclic) bond motifs is 1. The summed E-state index contributed by atoms with van der Waals surface area (Å²) < 4.78 is 1.19. The molecule has 0 unspecified atom stereocenters. The summed E-state index contributed by atoms with van der Waals surface area (Å²) in [5, 5.41) is 8.67. The fourth-order valence-corrected chi connectivity index (χ4v) is 1.42. The van der Waals surface area contributed by atoms with Crippen molar-refractivity contribution in [2.45, 2.75) is 6.54 Å². The first-order valence-electron chi connectivity index (χ1n) is 4.35. The van der Waals surface area contributed by atoms with Crippen molar-refractivity contribution in [2.24, 2.45) is 0 Å². The van der Waals surface area contributed by atoms with Crippen LogP contribution in [0.3, 0.4) is 0 Å². The van der Waals surface area contributed by atoms with Crippen LogP contribution in [0.5, 0.6) is 0 Å². The Bertz CT molecular complexity index is 574. The minimum absolute atomic E-state index is 0.335. The number of pyridine rings is 2. The number of aromatic nitrogens is 2. The van der Waals surface area contributed by atoms with Gasteiger partial charge in [0.05, 0.1) is 11.0 Å². The lowest BCUT2D eigenvalue weighted by Crippen LogP contribution is -2.23. The molecule has 0 saturated carbocycles. The van der Waals surface area contributed by atoms with Gasteiger partial charge in [-0.15, -0.1) is 0 Å². The summed E-state index contributed by atoms with van der Waals surface area (Å²) in [6.45, 7) is -0.345. The SMILES string of the molecule is O=C(O)Cn1c(=O)ccc2ncccc21. The number of carboxylic acids is 1. The van der Waals surface area contributed by atoms with E-state index in [4.69, 9.17) is 5.11 Å². The van der Waals surface area contributed by atoms with Crippen molar-refractivity contribution in [3.63, 3.8) is 0 Å². The van der Waals surface area contributed by atoms with Crippen molar-refractivity contribution in [3.8, 4) is 0 Å². The van der Waals surface area contributed by atoms with Crippen LogP contribution >= 0.6 is 0 Å². The first kappa shape index (κ1) is 9.39. The van der Waals surface area contributed by atoms with Crippen LogP contribution in [0.4, 0.5) is 0 Å². The Balaban J connectivity index is 2.74. The third-order valence-corrected chi connectivity index (χ3v) is 2.05. The first-order valence-corrected chi connectivity index (χ1v) is 4.35. The number of carbonyl (C=O) groups is 1. The molecule has 0 amide bonds. The lowest BCUT2D eigenvalue weighted by Gasteiger charge is -2.05. The van der Waals surface area contributed by atoms with Crippen molar-refractivity contribution in [1.29, 1.82) is 0 Å². The zero-order chi connectivity index (χ0) is 10.8. The number of nitrogens with zero attached hydrogens (tertiary/aromatic N) is 2. The average Bonchev–Trinajstić information content (AvgIpc) is 2.22. The Labute approximate surface area is 84.6 Å². The van der Waals surface area contributed by atoms with E-state index in [2.05, 4.69) is 4.98 Å². The lowest BCUT2D eigenvalue weighted by molar-refractivity contribution is -0.137. The van der Waals surface area contributed by atoms with Crippen LogP contribution in [0.15, 0.2) is 35.3 Å². The van der Waals surface area contributed by atoms with Crippen LogP contribution in [0.2, 0.25) is 0 Å². The maximum absolute atomic E-state index is 11.4. The van der Waals surface area contributed by atoms with E-state index in [1.54, 1.807) is 24.4 Å². The normalized spacial score (nSPS) is 10.4. The molecule has 2 heterocycles. The van der Waals surface area contributed by atoms with Gasteiger partial charge in [0, 0.05) is 12.3 Å². The van der Waals surface area contributed by atoms with Crippen molar-refractivity contribution in [1.82, 2.24) is 9.55 Å². The molecule has 0 aliphatic rings. The molecule has 2 aromatic rings. The Morgan fingerprint density at radius 3 is 2.93 bits per heavy atom. The molecule has 0 atom stereocenters. The van der Waals surface area contributed by atoms with Crippen molar-refractivity contribution in [3.05, 3.63) is 40.8 Å². The third kappa shape index (κ3) is 1.71. The van der Waals surface area contributed by atoms with Gasteiger partial charge in [0.25, 0.3) is 5.56 Å². The fraction of sp³-hybridized carbons (Fsp3) is 0.100. The molecule has 76 valence electrons. The zero-order valence-corrected chi connectivity index (χ0v) is 7.75. The van der Waals surface area contributed by atoms with Crippen LogP contribution in [0, 0.1) is 0 Å². The highest BCUT2D eigenvalue weighted by atomic mass is 16.4. The summed E-state index contributed by atoms with van der Waals surface area (Å²) in [6, 6.07) is 6.24. The quantitative estimate of drug-likeness (QED) is 0.772. The minimum atomic E-state index is -1.05. The van der Waals surface area contributed by atoms with Crippen LogP contribution in [-0.2, 0) is 11.3 Å². The van der Waals surface area contributed by atoms with Crippen molar-refractivity contribution < 1.29 is 9.90 Å². The summed E-state index contributed by atoms with van der Waals surface area (Å²) in [4.78, 5) is 26.1. The third-order valence-electron chi connectivity index (χ3n) is 2.05. The molecule has 0 spiro atoms. The smallest absolute Gasteiger partial charge is 0.323 e. The summed E-state index contributed by atoms with van der Waals surface area (Å²) in [5.41, 5.74) is 0.809. The Morgan fingerprint density at radius 2 is 2.20 bits per heavy atom. The second-order valence-electron chi connectivity index (χ2n) is 3.06. The van der Waals surface area contributed by atoms with Crippen molar-refractivity contribution in [2.75, 3.05) is 0 Å². The second-order valence-corrected chi connectivity index (χ2v) is 3.06. The van der Waals surface area contributed by atoms with E-state index in [1.807, 2.05) is 0 Å². The molecule has 1 N–H and O–H groups in total. The second kappa shape index (κ2) is 3.53. The standard InChI is InChI=1S/C10H8N2O3/c13-9-4-3-7-8(2-1-5-11-7)12(9)6-10(14)15/h1-5H,6H2,(H,14,15). The predicted molar refractivity (Wildman–Crippen MR) is 53.6 cm³/mol. The van der Waals surface area contributed by atoms with E-state index in [0.717, 1.165) is 0 Å². The van der Waals surface area contributed by atoms with Gasteiger partial charge in [0.2, 0.25) is 0 Å². The first-order chi connectivity index (χ1) is 7.18. The van der Waals surface area contributed by atoms with E-state index in [9.17, 15) is 9.59 Å². The van der Waals surface area contributed by atoms with Gasteiger partial charge in [0.15, 0.2) is 0 Å². The highest BCUT2D eigenvalue weighted by molar-refractivity contribution is 5.76. The summed E-state index contributed by atoms with van der Waals surface area (Å²) in [5.74, 6) is -1.05. The van der Waals surface area contributed by atoms with E-state index in [1.165, 1.54) is 10.6 Å². The minimum Gasteiger partial charge on any atom is -0.480 e. The predicted octanol–water partition coefficient (Wildman–Crippen LogP) is 0.481. The molecule has 0 bridgehead atoms. The number of hydrogen-bond acceptors (Lipinski definition) is 3. The number of carboxylic acid groups (broad SMARTS) is 1. The highest BCUT2D eigenvalue weighted by Crippen LogP contribution is 2.07. The number of hydrogen-bond donors (Lipinski definition) is 1. The van der Waals surface area contributed by atoms with Gasteiger partial charge in [-0.05, 0) is 18.2 Å².